The number of carbonyl (C=O) groups excluding carboxylic acids is 1. The molecule has 0 fully saturated rings. The molecule has 0 spiro atoms. The van der Waals surface area contributed by atoms with Crippen molar-refractivity contribution >= 4 is 21.8 Å². The zero-order valence-corrected chi connectivity index (χ0v) is 12.8. The van der Waals surface area contributed by atoms with E-state index in [4.69, 9.17) is 0 Å². The Morgan fingerprint density at radius 1 is 1.35 bits per heavy atom. The van der Waals surface area contributed by atoms with Gasteiger partial charge in [-0.25, -0.2) is 4.39 Å². The minimum Gasteiger partial charge on any atom is -0.336 e. The fourth-order valence-electron chi connectivity index (χ4n) is 1.85. The zero-order valence-electron chi connectivity index (χ0n) is 11.2. The van der Waals surface area contributed by atoms with Gasteiger partial charge >= 0.3 is 0 Å². The van der Waals surface area contributed by atoms with E-state index < -0.39 is 5.82 Å². The number of halogens is 2. The second-order valence-corrected chi connectivity index (χ2v) is 5.41. The van der Waals surface area contributed by atoms with Crippen LogP contribution in [0, 0.1) is 12.7 Å². The lowest BCUT2D eigenvalue weighted by Gasteiger charge is -2.17. The van der Waals surface area contributed by atoms with Crippen LogP contribution in [0.2, 0.25) is 0 Å². The summed E-state index contributed by atoms with van der Waals surface area (Å²) in [7, 11) is 1.67. The lowest BCUT2D eigenvalue weighted by molar-refractivity contribution is 0.0783. The zero-order chi connectivity index (χ0) is 14.7. The Morgan fingerprint density at radius 2 is 2.10 bits per heavy atom. The molecule has 0 aliphatic rings. The summed E-state index contributed by atoms with van der Waals surface area (Å²) < 4.78 is 13.8. The van der Waals surface area contributed by atoms with Crippen LogP contribution in [0.5, 0.6) is 0 Å². The van der Waals surface area contributed by atoms with Crippen molar-refractivity contribution in [1.29, 1.82) is 0 Å². The maximum atomic E-state index is 13.5. The van der Waals surface area contributed by atoms with Crippen molar-refractivity contribution in [3.05, 3.63) is 63.6 Å². The van der Waals surface area contributed by atoms with E-state index in [9.17, 15) is 9.18 Å². The monoisotopic (exact) mass is 336 g/mol. The quantitative estimate of drug-likeness (QED) is 0.858. The van der Waals surface area contributed by atoms with E-state index in [-0.39, 0.29) is 5.91 Å². The topological polar surface area (TPSA) is 33.2 Å². The Balaban J connectivity index is 2.14. The number of rotatable bonds is 3. The number of aromatic nitrogens is 1. The van der Waals surface area contributed by atoms with Crippen molar-refractivity contribution in [3.63, 3.8) is 0 Å². The molecule has 0 aliphatic carbocycles. The van der Waals surface area contributed by atoms with E-state index in [2.05, 4.69) is 20.9 Å². The molecule has 0 radical (unpaired) electrons. The Hall–Kier alpha value is -1.75. The predicted octanol–water partition coefficient (Wildman–Crippen LogP) is 3.56. The molecular formula is C15H14BrFN2O. The average Bonchev–Trinajstić information content (AvgIpc) is 2.41. The number of carbonyl (C=O) groups is 1. The standard InChI is InChI=1S/C15H14BrFN2O/c1-10-4-3-5-12(18-10)9-19(2)15(20)11-6-7-13(16)14(17)8-11/h3-8H,9H2,1-2H3. The van der Waals surface area contributed by atoms with Gasteiger partial charge in [0.05, 0.1) is 16.7 Å². The highest BCUT2D eigenvalue weighted by atomic mass is 79.9. The Labute approximate surface area is 125 Å². The van der Waals surface area contributed by atoms with Crippen molar-refractivity contribution in [2.75, 3.05) is 7.05 Å². The minimum absolute atomic E-state index is 0.236. The van der Waals surface area contributed by atoms with Gasteiger partial charge in [-0.15, -0.1) is 0 Å². The first kappa shape index (κ1) is 14.7. The predicted molar refractivity (Wildman–Crippen MR) is 78.9 cm³/mol. The van der Waals surface area contributed by atoms with E-state index in [1.807, 2.05) is 25.1 Å². The van der Waals surface area contributed by atoms with Gasteiger partial charge in [0, 0.05) is 18.3 Å². The summed E-state index contributed by atoms with van der Waals surface area (Å²) in [5, 5.41) is 0. The van der Waals surface area contributed by atoms with Gasteiger partial charge in [0.2, 0.25) is 0 Å². The highest BCUT2D eigenvalue weighted by Gasteiger charge is 2.14. The first-order valence-corrected chi connectivity index (χ1v) is 6.89. The summed E-state index contributed by atoms with van der Waals surface area (Å²) >= 11 is 3.07. The lowest BCUT2D eigenvalue weighted by atomic mass is 10.2. The van der Waals surface area contributed by atoms with Crippen molar-refractivity contribution in [2.45, 2.75) is 13.5 Å². The molecular weight excluding hydrogens is 323 g/mol. The molecule has 1 aromatic heterocycles. The lowest BCUT2D eigenvalue weighted by Crippen LogP contribution is -2.26. The smallest absolute Gasteiger partial charge is 0.254 e. The van der Waals surface area contributed by atoms with E-state index in [1.165, 1.54) is 17.0 Å². The molecule has 1 heterocycles. The number of nitrogens with zero attached hydrogens (tertiary/aromatic N) is 2. The first-order valence-electron chi connectivity index (χ1n) is 6.10. The van der Waals surface area contributed by atoms with Crippen molar-refractivity contribution < 1.29 is 9.18 Å². The van der Waals surface area contributed by atoms with Crippen LogP contribution in [-0.2, 0) is 6.54 Å². The van der Waals surface area contributed by atoms with Crippen LogP contribution in [0.15, 0.2) is 40.9 Å². The summed E-state index contributed by atoms with van der Waals surface area (Å²) in [4.78, 5) is 18.1. The summed E-state index contributed by atoms with van der Waals surface area (Å²) in [5.41, 5.74) is 2.03. The summed E-state index contributed by atoms with van der Waals surface area (Å²) in [5.74, 6) is -0.683. The second-order valence-electron chi connectivity index (χ2n) is 4.56. The van der Waals surface area contributed by atoms with Crippen LogP contribution in [-0.4, -0.2) is 22.8 Å². The summed E-state index contributed by atoms with van der Waals surface area (Å²) in [6, 6.07) is 10.0. The number of benzene rings is 1. The Morgan fingerprint density at radius 3 is 2.75 bits per heavy atom. The normalized spacial score (nSPS) is 10.4. The maximum absolute atomic E-state index is 13.5. The van der Waals surface area contributed by atoms with Gasteiger partial charge in [-0.1, -0.05) is 6.07 Å². The van der Waals surface area contributed by atoms with Crippen LogP contribution >= 0.6 is 15.9 Å². The Kier molecular flexibility index (Phi) is 4.49. The third-order valence-electron chi connectivity index (χ3n) is 2.86. The molecule has 5 heteroatoms. The molecule has 1 aromatic carbocycles. The van der Waals surface area contributed by atoms with Gasteiger partial charge in [0.15, 0.2) is 0 Å². The van der Waals surface area contributed by atoms with E-state index in [0.717, 1.165) is 11.4 Å². The molecule has 0 aliphatic heterocycles. The molecule has 0 saturated carbocycles. The second kappa shape index (κ2) is 6.13. The van der Waals surface area contributed by atoms with Crippen LogP contribution in [0.3, 0.4) is 0 Å². The van der Waals surface area contributed by atoms with Gasteiger partial charge in [-0.2, -0.15) is 0 Å². The van der Waals surface area contributed by atoms with E-state index in [1.54, 1.807) is 13.1 Å². The molecule has 0 saturated heterocycles. The third-order valence-corrected chi connectivity index (χ3v) is 3.50. The van der Waals surface area contributed by atoms with Crippen molar-refractivity contribution in [3.8, 4) is 0 Å². The Bertz CT molecular complexity index is 646. The molecule has 2 rings (SSSR count). The fraction of sp³-hybridized carbons (Fsp3) is 0.200. The van der Waals surface area contributed by atoms with Gasteiger partial charge in [-0.05, 0) is 53.2 Å². The molecule has 0 atom stereocenters. The van der Waals surface area contributed by atoms with E-state index in [0.29, 0.717) is 16.6 Å². The van der Waals surface area contributed by atoms with Crippen LogP contribution in [0.4, 0.5) is 4.39 Å². The van der Waals surface area contributed by atoms with E-state index >= 15 is 0 Å². The molecule has 2 aromatic rings. The molecule has 0 N–H and O–H groups in total. The summed E-state index contributed by atoms with van der Waals surface area (Å²) in [6.07, 6.45) is 0. The third kappa shape index (κ3) is 3.42. The van der Waals surface area contributed by atoms with Crippen LogP contribution < -0.4 is 0 Å². The maximum Gasteiger partial charge on any atom is 0.254 e. The number of hydrogen-bond donors (Lipinski definition) is 0. The molecule has 3 nitrogen and oxygen atoms in total. The average molecular weight is 337 g/mol. The molecule has 0 bridgehead atoms. The number of amides is 1. The van der Waals surface area contributed by atoms with Gasteiger partial charge in [0.25, 0.3) is 5.91 Å². The van der Waals surface area contributed by atoms with Gasteiger partial charge in [0.1, 0.15) is 5.82 Å². The number of hydrogen-bond acceptors (Lipinski definition) is 2. The van der Waals surface area contributed by atoms with Crippen molar-refractivity contribution in [1.82, 2.24) is 9.88 Å². The van der Waals surface area contributed by atoms with Crippen LogP contribution in [0.25, 0.3) is 0 Å². The van der Waals surface area contributed by atoms with Gasteiger partial charge < -0.3 is 4.90 Å². The molecule has 1 amide bonds. The van der Waals surface area contributed by atoms with Crippen molar-refractivity contribution in [2.24, 2.45) is 0 Å². The highest BCUT2D eigenvalue weighted by Crippen LogP contribution is 2.17. The number of pyridine rings is 1. The highest BCUT2D eigenvalue weighted by molar-refractivity contribution is 9.10. The largest absolute Gasteiger partial charge is 0.336 e. The fourth-order valence-corrected chi connectivity index (χ4v) is 2.10. The molecule has 104 valence electrons. The molecule has 0 unspecified atom stereocenters. The molecule has 20 heavy (non-hydrogen) atoms. The van der Waals surface area contributed by atoms with Gasteiger partial charge in [-0.3, -0.25) is 9.78 Å². The van der Waals surface area contributed by atoms with Crippen LogP contribution in [0.1, 0.15) is 21.7 Å². The summed E-state index contributed by atoms with van der Waals surface area (Å²) in [6.45, 7) is 2.29. The first-order chi connectivity index (χ1) is 9.47. The number of aryl methyl sites for hydroxylation is 1. The minimum atomic E-state index is -0.446. The SMILES string of the molecule is Cc1cccc(CN(C)C(=O)c2ccc(Br)c(F)c2)n1.